The van der Waals surface area contributed by atoms with Crippen molar-refractivity contribution in [1.82, 2.24) is 0 Å². The zero-order valence-corrected chi connectivity index (χ0v) is 12.9. The fourth-order valence-corrected chi connectivity index (χ4v) is 3.54. The maximum Gasteiger partial charge on any atom is 0.271 e. The summed E-state index contributed by atoms with van der Waals surface area (Å²) in [5.41, 5.74) is 5.99. The Kier molecular flexibility index (Phi) is 4.66. The first-order valence-corrected chi connectivity index (χ1v) is 8.49. The number of carbonyl (C=O) groups is 1. The van der Waals surface area contributed by atoms with Crippen LogP contribution in [0.4, 0.5) is 0 Å². The number of nitrogens with zero attached hydrogens (tertiary/aromatic N) is 1. The van der Waals surface area contributed by atoms with Gasteiger partial charge in [0.1, 0.15) is 5.25 Å². The summed E-state index contributed by atoms with van der Waals surface area (Å²) in [6, 6.07) is 6.91. The fraction of sp³-hybridized carbons (Fsp3) is 0.467. The molecule has 6 nitrogen and oxygen atoms in total. The number of hydrogen-bond acceptors (Lipinski definition) is 5. The molecule has 22 heavy (non-hydrogen) atoms. The van der Waals surface area contributed by atoms with Gasteiger partial charge in [0.15, 0.2) is 16.7 Å². The second-order valence-corrected chi connectivity index (χ2v) is 7.15. The van der Waals surface area contributed by atoms with Crippen molar-refractivity contribution < 1.29 is 18.9 Å². The monoisotopic (exact) mass is 322 g/mol. The van der Waals surface area contributed by atoms with E-state index in [1.54, 1.807) is 24.3 Å². The van der Waals surface area contributed by atoms with E-state index in [1.165, 1.54) is 0 Å². The molecular formula is C15H18N2O4S. The van der Waals surface area contributed by atoms with Crippen LogP contribution in [-0.4, -0.2) is 40.7 Å². The van der Waals surface area contributed by atoms with Crippen LogP contribution in [0.3, 0.4) is 0 Å². The normalized spacial score (nSPS) is 23.3. The lowest BCUT2D eigenvalue weighted by Gasteiger charge is -2.10. The molecule has 1 saturated carbocycles. The van der Waals surface area contributed by atoms with Gasteiger partial charge in [-0.05, 0) is 35.4 Å². The van der Waals surface area contributed by atoms with E-state index in [0.717, 1.165) is 24.2 Å². The Balaban J connectivity index is 1.72. The number of hydrogen-bond donors (Lipinski definition) is 1. The van der Waals surface area contributed by atoms with Crippen LogP contribution in [0.2, 0.25) is 0 Å². The molecule has 3 rings (SSSR count). The Labute approximate surface area is 131 Å². The van der Waals surface area contributed by atoms with Crippen LogP contribution in [-0.2, 0) is 25.5 Å². The molecule has 2 N–H and O–H groups in total. The molecule has 118 valence electrons. The molecule has 7 heteroatoms. The lowest BCUT2D eigenvalue weighted by atomic mass is 10.1. The standard InChI is InChI=1S/C15H18N2O4S/c16-15(18)14(17-21-11-7-8-20-9-11)10-1-3-12(4-2-10)22(19)13-5-6-13/h1-4,11,13H,5-9H2,(H2,16,18)/b17-14+/t11-,22?/m1/s1. The summed E-state index contributed by atoms with van der Waals surface area (Å²) >= 11 is -0.966. The third-order valence-electron chi connectivity index (χ3n) is 3.60. The molecule has 2 fully saturated rings. The molecule has 1 heterocycles. The first kappa shape index (κ1) is 15.3. The first-order chi connectivity index (χ1) is 10.6. The Morgan fingerprint density at radius 2 is 2.05 bits per heavy atom. The summed E-state index contributed by atoms with van der Waals surface area (Å²) in [5.74, 6) is -0.657. The number of carbonyl (C=O) groups excluding carboxylic acids is 1. The van der Waals surface area contributed by atoms with Gasteiger partial charge in [0.25, 0.3) is 5.91 Å². The van der Waals surface area contributed by atoms with Gasteiger partial charge in [-0.15, -0.1) is 0 Å². The molecule has 2 aliphatic rings. The summed E-state index contributed by atoms with van der Waals surface area (Å²) in [6.07, 6.45) is 2.63. The third kappa shape index (κ3) is 3.60. The van der Waals surface area contributed by atoms with Crippen molar-refractivity contribution in [3.8, 4) is 0 Å². The summed E-state index contributed by atoms with van der Waals surface area (Å²) in [5, 5.41) is 4.16. The predicted molar refractivity (Wildman–Crippen MR) is 81.9 cm³/mol. The van der Waals surface area contributed by atoms with Gasteiger partial charge >= 0.3 is 0 Å². The van der Waals surface area contributed by atoms with Gasteiger partial charge in [-0.25, -0.2) is 0 Å². The van der Waals surface area contributed by atoms with Crippen LogP contribution in [0, 0.1) is 0 Å². The summed E-state index contributed by atoms with van der Waals surface area (Å²) in [7, 11) is 0. The van der Waals surface area contributed by atoms with E-state index in [-0.39, 0.29) is 17.1 Å². The van der Waals surface area contributed by atoms with Gasteiger partial charge in [0.2, 0.25) is 0 Å². The average Bonchev–Trinajstić information content (AvgIpc) is 3.24. The minimum absolute atomic E-state index is 0.0654. The van der Waals surface area contributed by atoms with Crippen LogP contribution >= 0.6 is 0 Å². The van der Waals surface area contributed by atoms with E-state index < -0.39 is 17.1 Å². The van der Waals surface area contributed by atoms with E-state index in [0.29, 0.717) is 18.8 Å². The van der Waals surface area contributed by atoms with Gasteiger partial charge in [0, 0.05) is 24.8 Å². The van der Waals surface area contributed by atoms with E-state index in [4.69, 9.17) is 15.3 Å². The van der Waals surface area contributed by atoms with Crippen molar-refractivity contribution in [2.75, 3.05) is 13.2 Å². The molecule has 0 bridgehead atoms. The van der Waals surface area contributed by atoms with E-state index >= 15 is 0 Å². The van der Waals surface area contributed by atoms with Gasteiger partial charge < -0.3 is 19.9 Å². The molecule has 0 radical (unpaired) electrons. The highest BCUT2D eigenvalue weighted by molar-refractivity contribution is 7.92. The molecule has 0 spiro atoms. The van der Waals surface area contributed by atoms with Crippen molar-refractivity contribution in [3.05, 3.63) is 29.8 Å². The van der Waals surface area contributed by atoms with Crippen molar-refractivity contribution >= 4 is 22.8 Å². The maximum atomic E-state index is 12.1. The third-order valence-corrected chi connectivity index (χ3v) is 5.42. The minimum Gasteiger partial charge on any atom is -0.611 e. The predicted octanol–water partition coefficient (Wildman–Crippen LogP) is 0.951. The molecule has 1 unspecified atom stereocenters. The van der Waals surface area contributed by atoms with Gasteiger partial charge in [0.05, 0.1) is 13.2 Å². The Bertz CT molecular complexity index is 565. The van der Waals surface area contributed by atoms with E-state index in [2.05, 4.69) is 5.16 Å². The number of oxime groups is 1. The van der Waals surface area contributed by atoms with Crippen molar-refractivity contribution in [2.24, 2.45) is 10.9 Å². The highest BCUT2D eigenvalue weighted by Gasteiger charge is 2.35. The SMILES string of the molecule is NC(=O)/C(=N/O[C@@H]1CCOC1)c1ccc([S+]([O-])C2CC2)cc1. The number of rotatable bonds is 6. The highest BCUT2D eigenvalue weighted by atomic mass is 32.2. The molecule has 1 aliphatic heterocycles. The Morgan fingerprint density at radius 3 is 2.59 bits per heavy atom. The van der Waals surface area contributed by atoms with Crippen molar-refractivity contribution in [2.45, 2.75) is 35.5 Å². The van der Waals surface area contributed by atoms with Crippen LogP contribution in [0.1, 0.15) is 24.8 Å². The smallest absolute Gasteiger partial charge is 0.271 e. The first-order valence-electron chi connectivity index (χ1n) is 7.27. The molecule has 1 aromatic rings. The number of benzene rings is 1. The second kappa shape index (κ2) is 6.68. The van der Waals surface area contributed by atoms with Gasteiger partial charge in [-0.3, -0.25) is 4.79 Å². The Hall–Kier alpha value is -1.57. The lowest BCUT2D eigenvalue weighted by Crippen LogP contribution is -2.25. The van der Waals surface area contributed by atoms with Gasteiger partial charge in [-0.2, -0.15) is 0 Å². The quantitative estimate of drug-likeness (QED) is 0.479. The molecule has 1 aliphatic carbocycles. The van der Waals surface area contributed by atoms with Crippen LogP contribution in [0.15, 0.2) is 34.3 Å². The van der Waals surface area contributed by atoms with Crippen LogP contribution in [0.25, 0.3) is 0 Å². The topological polar surface area (TPSA) is 97.0 Å². The molecule has 1 amide bonds. The minimum atomic E-state index is -0.966. The zero-order valence-electron chi connectivity index (χ0n) is 12.1. The molecule has 0 aromatic heterocycles. The molecule has 1 saturated heterocycles. The lowest BCUT2D eigenvalue weighted by molar-refractivity contribution is -0.112. The molecule has 2 atom stereocenters. The number of primary amides is 1. The number of ether oxygens (including phenoxy) is 1. The van der Waals surface area contributed by atoms with E-state index in [1.807, 2.05) is 0 Å². The summed E-state index contributed by atoms with van der Waals surface area (Å²) in [4.78, 5) is 17.6. The maximum absolute atomic E-state index is 12.1. The number of amides is 1. The Morgan fingerprint density at radius 1 is 1.32 bits per heavy atom. The molecule has 1 aromatic carbocycles. The van der Waals surface area contributed by atoms with E-state index in [9.17, 15) is 9.35 Å². The second-order valence-electron chi connectivity index (χ2n) is 5.42. The highest BCUT2D eigenvalue weighted by Crippen LogP contribution is 2.33. The molecular weight excluding hydrogens is 304 g/mol. The fourth-order valence-electron chi connectivity index (χ4n) is 2.18. The van der Waals surface area contributed by atoms with Crippen molar-refractivity contribution in [3.63, 3.8) is 0 Å². The summed E-state index contributed by atoms with van der Waals surface area (Å²) in [6.45, 7) is 1.10. The van der Waals surface area contributed by atoms with Crippen molar-refractivity contribution in [1.29, 1.82) is 0 Å². The average molecular weight is 322 g/mol. The van der Waals surface area contributed by atoms with Crippen LogP contribution < -0.4 is 5.73 Å². The summed E-state index contributed by atoms with van der Waals surface area (Å²) < 4.78 is 17.3. The largest absolute Gasteiger partial charge is 0.611 e. The van der Waals surface area contributed by atoms with Gasteiger partial charge in [-0.1, -0.05) is 5.16 Å². The zero-order chi connectivity index (χ0) is 15.5. The van der Waals surface area contributed by atoms with Crippen LogP contribution in [0.5, 0.6) is 0 Å². The number of nitrogens with two attached hydrogens (primary N) is 1.